The van der Waals surface area contributed by atoms with Crippen molar-refractivity contribution in [3.05, 3.63) is 71.3 Å². The predicted octanol–water partition coefficient (Wildman–Crippen LogP) is 3.98. The van der Waals surface area contributed by atoms with Crippen molar-refractivity contribution in [2.24, 2.45) is 0 Å². The molecule has 2 aromatic carbocycles. The Labute approximate surface area is 127 Å². The van der Waals surface area contributed by atoms with Gasteiger partial charge in [-0.25, -0.2) is 0 Å². The summed E-state index contributed by atoms with van der Waals surface area (Å²) in [7, 11) is 0. The second-order valence-electron chi connectivity index (χ2n) is 5.32. The number of benzene rings is 2. The topological polar surface area (TPSA) is 20.3 Å². The molecule has 0 aliphatic rings. The predicted molar refractivity (Wildman–Crippen MR) is 87.0 cm³/mol. The molecule has 0 bridgehead atoms. The van der Waals surface area contributed by atoms with Crippen molar-refractivity contribution in [2.75, 3.05) is 6.54 Å². The molecule has 0 fully saturated rings. The number of aryl methyl sites for hydroxylation is 2. The lowest BCUT2D eigenvalue weighted by atomic mass is 10.1. The van der Waals surface area contributed by atoms with E-state index < -0.39 is 0 Å². The van der Waals surface area contributed by atoms with E-state index in [4.69, 9.17) is 0 Å². The Bertz CT molecular complexity index is 577. The maximum Gasteiger partial charge on any atom is 0.223 e. The zero-order chi connectivity index (χ0) is 15.1. The van der Waals surface area contributed by atoms with Gasteiger partial charge in [-0.3, -0.25) is 4.79 Å². The summed E-state index contributed by atoms with van der Waals surface area (Å²) in [5.41, 5.74) is 3.69. The van der Waals surface area contributed by atoms with Crippen LogP contribution in [0, 0.1) is 6.92 Å². The van der Waals surface area contributed by atoms with E-state index in [2.05, 4.69) is 31.2 Å². The zero-order valence-corrected chi connectivity index (χ0v) is 12.9. The van der Waals surface area contributed by atoms with E-state index >= 15 is 0 Å². The van der Waals surface area contributed by atoms with E-state index in [1.807, 2.05) is 42.2 Å². The largest absolute Gasteiger partial charge is 0.339 e. The molecule has 2 rings (SSSR count). The van der Waals surface area contributed by atoms with Crippen LogP contribution < -0.4 is 0 Å². The fourth-order valence-electron chi connectivity index (χ4n) is 2.42. The van der Waals surface area contributed by atoms with Crippen LogP contribution in [0.1, 0.15) is 30.0 Å². The first kappa shape index (κ1) is 15.3. The van der Waals surface area contributed by atoms with E-state index in [0.717, 1.165) is 13.0 Å². The van der Waals surface area contributed by atoms with Crippen molar-refractivity contribution in [2.45, 2.75) is 33.2 Å². The zero-order valence-electron chi connectivity index (χ0n) is 12.9. The maximum atomic E-state index is 12.4. The fourth-order valence-corrected chi connectivity index (χ4v) is 2.42. The Balaban J connectivity index is 1.94. The normalized spacial score (nSPS) is 10.4. The minimum absolute atomic E-state index is 0.226. The van der Waals surface area contributed by atoms with Gasteiger partial charge in [0.2, 0.25) is 5.91 Å². The molecule has 0 aromatic heterocycles. The highest BCUT2D eigenvalue weighted by atomic mass is 16.2. The Morgan fingerprint density at radius 1 is 1.00 bits per heavy atom. The smallest absolute Gasteiger partial charge is 0.223 e. The molecular formula is C19H23NO. The van der Waals surface area contributed by atoms with Crippen LogP contribution in [0.2, 0.25) is 0 Å². The SMILES string of the molecule is CCN(Cc1ccccc1C)C(=O)CCc1ccccc1. The standard InChI is InChI=1S/C19H23NO/c1-3-20(15-18-12-8-7-9-16(18)2)19(21)14-13-17-10-5-4-6-11-17/h4-12H,3,13-15H2,1-2H3. The summed E-state index contributed by atoms with van der Waals surface area (Å²) in [6.45, 7) is 5.59. The van der Waals surface area contributed by atoms with Gasteiger partial charge in [0, 0.05) is 19.5 Å². The van der Waals surface area contributed by atoms with Gasteiger partial charge in [-0.2, -0.15) is 0 Å². The lowest BCUT2D eigenvalue weighted by Gasteiger charge is -2.22. The molecule has 0 atom stereocenters. The van der Waals surface area contributed by atoms with Crippen LogP contribution in [0.4, 0.5) is 0 Å². The third kappa shape index (κ3) is 4.45. The fraction of sp³-hybridized carbons (Fsp3) is 0.316. The molecule has 0 unspecified atom stereocenters. The third-order valence-corrected chi connectivity index (χ3v) is 3.83. The van der Waals surface area contributed by atoms with Gasteiger partial charge in [0.1, 0.15) is 0 Å². The monoisotopic (exact) mass is 281 g/mol. The summed E-state index contributed by atoms with van der Waals surface area (Å²) in [6.07, 6.45) is 1.38. The van der Waals surface area contributed by atoms with Crippen molar-refractivity contribution < 1.29 is 4.79 Å². The highest BCUT2D eigenvalue weighted by Gasteiger charge is 2.12. The van der Waals surface area contributed by atoms with Gasteiger partial charge < -0.3 is 4.90 Å². The van der Waals surface area contributed by atoms with Crippen LogP contribution in [-0.2, 0) is 17.8 Å². The van der Waals surface area contributed by atoms with Crippen LogP contribution in [0.5, 0.6) is 0 Å². The minimum atomic E-state index is 0.226. The molecule has 2 aromatic rings. The summed E-state index contributed by atoms with van der Waals surface area (Å²) in [5.74, 6) is 0.226. The van der Waals surface area contributed by atoms with Gasteiger partial charge in [0.25, 0.3) is 0 Å². The number of carbonyl (C=O) groups is 1. The van der Waals surface area contributed by atoms with Crippen LogP contribution in [0.3, 0.4) is 0 Å². The molecule has 0 aliphatic heterocycles. The average Bonchev–Trinajstić information content (AvgIpc) is 2.53. The van der Waals surface area contributed by atoms with Crippen LogP contribution in [0.15, 0.2) is 54.6 Å². The summed E-state index contributed by atoms with van der Waals surface area (Å²) < 4.78 is 0. The van der Waals surface area contributed by atoms with Crippen molar-refractivity contribution in [1.82, 2.24) is 4.90 Å². The summed E-state index contributed by atoms with van der Waals surface area (Å²) in [6, 6.07) is 18.4. The van der Waals surface area contributed by atoms with Crippen molar-refractivity contribution in [3.63, 3.8) is 0 Å². The quantitative estimate of drug-likeness (QED) is 0.784. The lowest BCUT2D eigenvalue weighted by Crippen LogP contribution is -2.30. The first-order valence-corrected chi connectivity index (χ1v) is 7.57. The van der Waals surface area contributed by atoms with Crippen molar-refractivity contribution in [3.8, 4) is 0 Å². The highest BCUT2D eigenvalue weighted by molar-refractivity contribution is 5.76. The maximum absolute atomic E-state index is 12.4. The first-order chi connectivity index (χ1) is 10.2. The van der Waals surface area contributed by atoms with Crippen molar-refractivity contribution in [1.29, 1.82) is 0 Å². The molecule has 2 nitrogen and oxygen atoms in total. The molecule has 1 amide bonds. The van der Waals surface area contributed by atoms with E-state index in [9.17, 15) is 4.79 Å². The molecule has 0 heterocycles. The van der Waals surface area contributed by atoms with E-state index in [0.29, 0.717) is 13.0 Å². The summed E-state index contributed by atoms with van der Waals surface area (Å²) in [5, 5.41) is 0. The third-order valence-electron chi connectivity index (χ3n) is 3.83. The summed E-state index contributed by atoms with van der Waals surface area (Å²) in [4.78, 5) is 14.3. The molecule has 2 heteroatoms. The van der Waals surface area contributed by atoms with Crippen LogP contribution in [0.25, 0.3) is 0 Å². The second-order valence-corrected chi connectivity index (χ2v) is 5.32. The van der Waals surface area contributed by atoms with Gasteiger partial charge in [-0.1, -0.05) is 54.6 Å². The minimum Gasteiger partial charge on any atom is -0.339 e. The molecule has 0 N–H and O–H groups in total. The molecule has 0 spiro atoms. The number of rotatable bonds is 6. The Kier molecular flexibility index (Phi) is 5.56. The van der Waals surface area contributed by atoms with Crippen molar-refractivity contribution >= 4 is 5.91 Å². The van der Waals surface area contributed by atoms with Gasteiger partial charge in [-0.05, 0) is 37.0 Å². The van der Waals surface area contributed by atoms with Crippen LogP contribution in [-0.4, -0.2) is 17.4 Å². The molecule has 21 heavy (non-hydrogen) atoms. The number of nitrogens with zero attached hydrogens (tertiary/aromatic N) is 1. The van der Waals surface area contributed by atoms with Gasteiger partial charge in [0.05, 0.1) is 0 Å². The Morgan fingerprint density at radius 2 is 1.67 bits per heavy atom. The Hall–Kier alpha value is -2.09. The van der Waals surface area contributed by atoms with Gasteiger partial charge >= 0.3 is 0 Å². The lowest BCUT2D eigenvalue weighted by molar-refractivity contribution is -0.131. The molecule has 110 valence electrons. The van der Waals surface area contributed by atoms with E-state index in [1.54, 1.807) is 0 Å². The molecule has 0 saturated heterocycles. The molecule has 0 saturated carbocycles. The van der Waals surface area contributed by atoms with Gasteiger partial charge in [0.15, 0.2) is 0 Å². The molecular weight excluding hydrogens is 258 g/mol. The van der Waals surface area contributed by atoms with E-state index in [-0.39, 0.29) is 5.91 Å². The van der Waals surface area contributed by atoms with Gasteiger partial charge in [-0.15, -0.1) is 0 Å². The van der Waals surface area contributed by atoms with Crippen LogP contribution >= 0.6 is 0 Å². The molecule has 0 radical (unpaired) electrons. The number of carbonyl (C=O) groups excluding carboxylic acids is 1. The Morgan fingerprint density at radius 3 is 2.33 bits per heavy atom. The van der Waals surface area contributed by atoms with E-state index in [1.165, 1.54) is 16.7 Å². The number of hydrogen-bond donors (Lipinski definition) is 0. The second kappa shape index (κ2) is 7.63. The highest BCUT2D eigenvalue weighted by Crippen LogP contribution is 2.12. The average molecular weight is 281 g/mol. The first-order valence-electron chi connectivity index (χ1n) is 7.57. The molecule has 0 aliphatic carbocycles. The number of hydrogen-bond acceptors (Lipinski definition) is 1. The number of amides is 1. The summed E-state index contributed by atoms with van der Waals surface area (Å²) >= 11 is 0.